The van der Waals surface area contributed by atoms with Crippen LogP contribution >= 0.6 is 0 Å². The van der Waals surface area contributed by atoms with Crippen LogP contribution in [0.1, 0.15) is 36.2 Å². The third-order valence-corrected chi connectivity index (χ3v) is 3.06. The number of nitrogens with one attached hydrogen (secondary N) is 2. The first-order valence-electron chi connectivity index (χ1n) is 5.75. The average Bonchev–Trinajstić information content (AvgIpc) is 2.81. The van der Waals surface area contributed by atoms with Crippen molar-refractivity contribution in [3.63, 3.8) is 0 Å². The number of nitro groups is 1. The van der Waals surface area contributed by atoms with E-state index in [4.69, 9.17) is 0 Å². The van der Waals surface area contributed by atoms with Gasteiger partial charge in [0.05, 0.1) is 11.0 Å². The Balaban J connectivity index is 1.99. The summed E-state index contributed by atoms with van der Waals surface area (Å²) in [5, 5.41) is 28.6. The topological polar surface area (TPSA) is 121 Å². The van der Waals surface area contributed by atoms with Gasteiger partial charge in [0.15, 0.2) is 0 Å². The van der Waals surface area contributed by atoms with Crippen LogP contribution in [-0.4, -0.2) is 38.3 Å². The lowest BCUT2D eigenvalue weighted by Gasteiger charge is -2.25. The lowest BCUT2D eigenvalue weighted by Crippen LogP contribution is -2.38. The first-order valence-corrected chi connectivity index (χ1v) is 5.75. The first kappa shape index (κ1) is 12.5. The van der Waals surface area contributed by atoms with E-state index in [-0.39, 0.29) is 23.5 Å². The predicted octanol–water partition coefficient (Wildman–Crippen LogP) is 0.351. The summed E-state index contributed by atoms with van der Waals surface area (Å²) in [6.45, 7) is 0. The zero-order valence-electron chi connectivity index (χ0n) is 9.63. The molecule has 0 unspecified atom stereocenters. The number of aliphatic hydroxyl groups is 1. The number of rotatable bonds is 3. The van der Waals surface area contributed by atoms with Crippen LogP contribution in [0.4, 0.5) is 5.69 Å². The maximum atomic E-state index is 11.8. The van der Waals surface area contributed by atoms with Gasteiger partial charge >= 0.3 is 5.69 Å². The molecule has 8 heteroatoms. The van der Waals surface area contributed by atoms with Crippen molar-refractivity contribution < 1.29 is 14.8 Å². The summed E-state index contributed by atoms with van der Waals surface area (Å²) in [5.41, 5.74) is -0.533. The molecule has 1 saturated carbocycles. The number of H-pyrrole nitrogens is 1. The number of hydrogen-bond donors (Lipinski definition) is 3. The summed E-state index contributed by atoms with van der Waals surface area (Å²) in [4.78, 5) is 21.8. The summed E-state index contributed by atoms with van der Waals surface area (Å²) in [6, 6.07) is -0.0581. The van der Waals surface area contributed by atoms with Gasteiger partial charge in [-0.1, -0.05) is 0 Å². The second-order valence-corrected chi connectivity index (χ2v) is 4.36. The lowest BCUT2D eigenvalue weighted by molar-refractivity contribution is -0.385. The van der Waals surface area contributed by atoms with Crippen molar-refractivity contribution in [1.82, 2.24) is 15.5 Å². The molecule has 0 spiro atoms. The summed E-state index contributed by atoms with van der Waals surface area (Å²) in [6.07, 6.45) is 3.38. The van der Waals surface area contributed by atoms with E-state index >= 15 is 0 Å². The molecule has 0 radical (unpaired) electrons. The Hall–Kier alpha value is -1.96. The van der Waals surface area contributed by atoms with Crippen molar-refractivity contribution >= 4 is 11.6 Å². The fourth-order valence-corrected chi connectivity index (χ4v) is 2.06. The van der Waals surface area contributed by atoms with Gasteiger partial charge < -0.3 is 10.4 Å². The number of amides is 1. The monoisotopic (exact) mass is 254 g/mol. The molecule has 1 aliphatic carbocycles. The molecule has 1 aromatic heterocycles. The number of carbonyl (C=O) groups excluding carboxylic acids is 1. The molecule has 0 bridgehead atoms. The van der Waals surface area contributed by atoms with Gasteiger partial charge in [-0.15, -0.1) is 0 Å². The molecule has 0 aromatic carbocycles. The van der Waals surface area contributed by atoms with E-state index in [1.165, 1.54) is 0 Å². The largest absolute Gasteiger partial charge is 0.393 e. The molecule has 1 heterocycles. The van der Waals surface area contributed by atoms with Crippen LogP contribution in [0.25, 0.3) is 0 Å². The van der Waals surface area contributed by atoms with E-state index in [0.717, 1.165) is 6.20 Å². The Bertz CT molecular complexity index is 450. The van der Waals surface area contributed by atoms with Gasteiger partial charge in [-0.05, 0) is 25.7 Å². The second kappa shape index (κ2) is 5.13. The smallest absolute Gasteiger partial charge is 0.319 e. The van der Waals surface area contributed by atoms with Gasteiger partial charge in [0, 0.05) is 6.04 Å². The maximum absolute atomic E-state index is 11.8. The van der Waals surface area contributed by atoms with Crippen molar-refractivity contribution in [2.24, 2.45) is 0 Å². The van der Waals surface area contributed by atoms with Crippen LogP contribution in [0, 0.1) is 10.1 Å². The summed E-state index contributed by atoms with van der Waals surface area (Å²) in [5.74, 6) is -0.552. The van der Waals surface area contributed by atoms with E-state index in [2.05, 4.69) is 15.5 Å². The van der Waals surface area contributed by atoms with E-state index in [0.29, 0.717) is 25.7 Å². The first-order chi connectivity index (χ1) is 8.58. The van der Waals surface area contributed by atoms with Crippen LogP contribution < -0.4 is 5.32 Å². The highest BCUT2D eigenvalue weighted by atomic mass is 16.6. The molecular formula is C10H14N4O4. The Kier molecular flexibility index (Phi) is 3.56. The molecule has 0 saturated heterocycles. The Morgan fingerprint density at radius 2 is 2.17 bits per heavy atom. The zero-order valence-corrected chi connectivity index (χ0v) is 9.63. The van der Waals surface area contributed by atoms with Gasteiger partial charge in [-0.25, -0.2) is 0 Å². The van der Waals surface area contributed by atoms with Crippen molar-refractivity contribution in [2.45, 2.75) is 37.8 Å². The van der Waals surface area contributed by atoms with Crippen LogP contribution in [0.15, 0.2) is 6.20 Å². The van der Waals surface area contributed by atoms with E-state index in [1.807, 2.05) is 0 Å². The molecule has 1 aliphatic rings. The Labute approximate surface area is 103 Å². The minimum atomic E-state index is -0.650. The third kappa shape index (κ3) is 2.65. The minimum Gasteiger partial charge on any atom is -0.393 e. The predicted molar refractivity (Wildman–Crippen MR) is 61.0 cm³/mol. The maximum Gasteiger partial charge on any atom is 0.319 e. The average molecular weight is 254 g/mol. The highest BCUT2D eigenvalue weighted by molar-refractivity contribution is 5.96. The Morgan fingerprint density at radius 3 is 2.78 bits per heavy atom. The van der Waals surface area contributed by atoms with E-state index in [9.17, 15) is 20.0 Å². The Morgan fingerprint density at radius 1 is 1.50 bits per heavy atom. The van der Waals surface area contributed by atoms with Crippen LogP contribution in [0.5, 0.6) is 0 Å². The molecule has 18 heavy (non-hydrogen) atoms. The van der Waals surface area contributed by atoms with Crippen molar-refractivity contribution in [3.05, 3.63) is 22.0 Å². The fourth-order valence-electron chi connectivity index (χ4n) is 2.06. The number of carbonyl (C=O) groups is 1. The molecule has 1 amide bonds. The molecule has 0 atom stereocenters. The second-order valence-electron chi connectivity index (χ2n) is 4.36. The van der Waals surface area contributed by atoms with Gasteiger partial charge in [0.1, 0.15) is 6.20 Å². The van der Waals surface area contributed by atoms with E-state index in [1.54, 1.807) is 0 Å². The van der Waals surface area contributed by atoms with E-state index < -0.39 is 10.8 Å². The van der Waals surface area contributed by atoms with Crippen LogP contribution in [0.3, 0.4) is 0 Å². The highest BCUT2D eigenvalue weighted by Gasteiger charge is 2.27. The summed E-state index contributed by atoms with van der Waals surface area (Å²) in [7, 11) is 0. The quantitative estimate of drug-likeness (QED) is 0.530. The molecular weight excluding hydrogens is 240 g/mol. The number of aromatic nitrogens is 2. The number of hydrogen-bond acceptors (Lipinski definition) is 5. The number of nitrogens with zero attached hydrogens (tertiary/aromatic N) is 2. The molecule has 1 aromatic rings. The van der Waals surface area contributed by atoms with Crippen molar-refractivity contribution in [1.29, 1.82) is 0 Å². The van der Waals surface area contributed by atoms with Gasteiger partial charge in [-0.3, -0.25) is 20.0 Å². The standard InChI is InChI=1S/C10H14N4O4/c15-7-3-1-6(2-4-7)12-10(16)9-8(14(17)18)5-11-13-9/h5-7,15H,1-4H2,(H,11,13)(H,12,16)/t6-,7-. The normalized spacial score (nSPS) is 23.6. The number of aliphatic hydroxyl groups excluding tert-OH is 1. The molecule has 98 valence electrons. The third-order valence-electron chi connectivity index (χ3n) is 3.06. The molecule has 8 nitrogen and oxygen atoms in total. The minimum absolute atomic E-state index is 0.0581. The van der Waals surface area contributed by atoms with Crippen molar-refractivity contribution in [2.75, 3.05) is 0 Å². The van der Waals surface area contributed by atoms with Crippen LogP contribution in [-0.2, 0) is 0 Å². The number of aromatic amines is 1. The summed E-state index contributed by atoms with van der Waals surface area (Å²) >= 11 is 0. The molecule has 3 N–H and O–H groups in total. The molecule has 0 aliphatic heterocycles. The van der Waals surface area contributed by atoms with Crippen LogP contribution in [0.2, 0.25) is 0 Å². The van der Waals surface area contributed by atoms with Gasteiger partial charge in [-0.2, -0.15) is 5.10 Å². The van der Waals surface area contributed by atoms with Gasteiger partial charge in [0.2, 0.25) is 5.69 Å². The lowest BCUT2D eigenvalue weighted by atomic mass is 9.93. The summed E-state index contributed by atoms with van der Waals surface area (Å²) < 4.78 is 0. The highest BCUT2D eigenvalue weighted by Crippen LogP contribution is 2.20. The SMILES string of the molecule is O=C(N[C@H]1CC[C@H](O)CC1)c1n[nH]cc1[N+](=O)[O-]. The zero-order chi connectivity index (χ0) is 13.1. The fraction of sp³-hybridized carbons (Fsp3) is 0.600. The van der Waals surface area contributed by atoms with Gasteiger partial charge in [0.25, 0.3) is 5.91 Å². The van der Waals surface area contributed by atoms with Crippen molar-refractivity contribution in [3.8, 4) is 0 Å². The molecule has 1 fully saturated rings. The molecule has 2 rings (SSSR count).